The summed E-state index contributed by atoms with van der Waals surface area (Å²) in [5, 5.41) is 11.8. The van der Waals surface area contributed by atoms with Crippen molar-refractivity contribution in [3.8, 4) is 5.75 Å². The van der Waals surface area contributed by atoms with Gasteiger partial charge in [0, 0.05) is 20.3 Å². The second kappa shape index (κ2) is 9.82. The van der Waals surface area contributed by atoms with Crippen molar-refractivity contribution >= 4 is 56.1 Å². The van der Waals surface area contributed by atoms with Crippen molar-refractivity contribution < 1.29 is 9.53 Å². The summed E-state index contributed by atoms with van der Waals surface area (Å²) in [5.74, 6) is 1.18. The number of rotatable bonds is 5. The summed E-state index contributed by atoms with van der Waals surface area (Å²) in [6, 6.07) is 21.1. The monoisotopic (exact) mass is 554 g/mol. The first-order valence-corrected chi connectivity index (χ1v) is 12.8. The molecule has 0 saturated carbocycles. The average molecular weight is 556 g/mol. The normalized spacial score (nSPS) is 16.7. The fraction of sp³-hybridized carbons (Fsp3) is 0.160. The highest BCUT2D eigenvalue weighted by molar-refractivity contribution is 9.10. The standard InChI is InChI=1S/C25H20BrClN4O2S/c1-2-34-25-29-24(32)22-18-12-16(26)8-10-20(18)28-23(31(22)30-25)19-13-17(27)9-11-21(19)33-14-15-6-4-3-5-7-15/h3-13,23H,2,14H2,1H3,(H,29,30,32)/t23-/m1/s1. The minimum Gasteiger partial charge on any atom is -0.488 e. The van der Waals surface area contributed by atoms with Crippen LogP contribution in [-0.4, -0.2) is 21.8 Å². The maximum absolute atomic E-state index is 13.2. The Balaban J connectivity index is 1.64. The summed E-state index contributed by atoms with van der Waals surface area (Å²) in [5.41, 5.74) is 2.21. The molecule has 3 aromatic rings. The molecule has 1 atom stereocenters. The van der Waals surface area contributed by atoms with E-state index in [0.717, 1.165) is 21.4 Å². The molecule has 0 fully saturated rings. The molecule has 9 heteroatoms. The zero-order valence-corrected chi connectivity index (χ0v) is 21.3. The number of amides is 1. The number of carbonyl (C=O) groups is 1. The summed E-state index contributed by atoms with van der Waals surface area (Å²) in [4.78, 5) is 18.2. The Hall–Kier alpha value is -2.81. The van der Waals surface area contributed by atoms with E-state index in [0.29, 0.717) is 38.8 Å². The van der Waals surface area contributed by atoms with Crippen LogP contribution >= 0.6 is 39.3 Å². The molecule has 6 nitrogen and oxygen atoms in total. The van der Waals surface area contributed by atoms with Crippen LogP contribution in [0.25, 0.3) is 5.70 Å². The van der Waals surface area contributed by atoms with Gasteiger partial charge >= 0.3 is 0 Å². The second-order valence-electron chi connectivity index (χ2n) is 7.61. The number of hydrogen-bond acceptors (Lipinski definition) is 6. The number of halogens is 2. The molecule has 0 aromatic heterocycles. The van der Waals surface area contributed by atoms with Crippen molar-refractivity contribution in [1.82, 2.24) is 10.3 Å². The molecule has 2 aliphatic rings. The molecule has 34 heavy (non-hydrogen) atoms. The van der Waals surface area contributed by atoms with E-state index in [-0.39, 0.29) is 5.91 Å². The molecule has 1 amide bonds. The molecule has 3 aromatic carbocycles. The lowest BCUT2D eigenvalue weighted by atomic mass is 10.1. The SMILES string of the molecule is CCSC1=NN2C(=c3cc(Br)ccc3=N[C@H]2c2cc(Cl)ccc2OCc2ccccc2)C(=O)N1. The van der Waals surface area contributed by atoms with Gasteiger partial charge in [-0.25, -0.2) is 5.01 Å². The van der Waals surface area contributed by atoms with Gasteiger partial charge in [0.2, 0.25) is 0 Å². The second-order valence-corrected chi connectivity index (χ2v) is 10.2. The van der Waals surface area contributed by atoms with E-state index in [2.05, 4.69) is 21.2 Å². The van der Waals surface area contributed by atoms with Crippen molar-refractivity contribution in [3.05, 3.63) is 97.9 Å². The van der Waals surface area contributed by atoms with Gasteiger partial charge in [0.1, 0.15) is 18.1 Å². The minimum atomic E-state index is -0.619. The van der Waals surface area contributed by atoms with Gasteiger partial charge in [0.05, 0.1) is 5.36 Å². The van der Waals surface area contributed by atoms with Crippen LogP contribution in [0.5, 0.6) is 5.75 Å². The number of nitrogens with one attached hydrogen (secondary N) is 1. The number of hydrazone groups is 1. The quantitative estimate of drug-likeness (QED) is 0.501. The number of nitrogens with zero attached hydrogens (tertiary/aromatic N) is 3. The van der Waals surface area contributed by atoms with E-state index in [1.54, 1.807) is 11.1 Å². The molecular weight excluding hydrogens is 536 g/mol. The number of ether oxygens (including phenoxy) is 1. The Bertz CT molecular complexity index is 1410. The Morgan fingerprint density at radius 3 is 2.76 bits per heavy atom. The average Bonchev–Trinajstić information content (AvgIpc) is 2.83. The fourth-order valence-corrected chi connectivity index (χ4v) is 4.97. The van der Waals surface area contributed by atoms with Gasteiger partial charge in [0.25, 0.3) is 5.91 Å². The van der Waals surface area contributed by atoms with Crippen molar-refractivity contribution in [1.29, 1.82) is 0 Å². The molecule has 172 valence electrons. The van der Waals surface area contributed by atoms with E-state index in [4.69, 9.17) is 26.4 Å². The fourth-order valence-electron chi connectivity index (χ4n) is 3.84. The van der Waals surface area contributed by atoms with Crippen molar-refractivity contribution in [2.24, 2.45) is 10.1 Å². The predicted molar refractivity (Wildman–Crippen MR) is 139 cm³/mol. The Kier molecular flexibility index (Phi) is 6.63. The third-order valence-electron chi connectivity index (χ3n) is 5.34. The van der Waals surface area contributed by atoms with Crippen LogP contribution in [0.3, 0.4) is 0 Å². The van der Waals surface area contributed by atoms with Crippen LogP contribution in [-0.2, 0) is 11.4 Å². The smallest absolute Gasteiger partial charge is 0.276 e. The lowest BCUT2D eigenvalue weighted by Gasteiger charge is -2.34. The predicted octanol–water partition coefficient (Wildman–Crippen LogP) is 4.58. The lowest BCUT2D eigenvalue weighted by molar-refractivity contribution is -0.116. The minimum absolute atomic E-state index is 0.223. The summed E-state index contributed by atoms with van der Waals surface area (Å²) < 4.78 is 7.06. The molecular formula is C25H20BrClN4O2S. The van der Waals surface area contributed by atoms with E-state index in [1.165, 1.54) is 11.8 Å². The Morgan fingerprint density at radius 2 is 1.97 bits per heavy atom. The first-order chi connectivity index (χ1) is 16.5. The van der Waals surface area contributed by atoms with E-state index in [9.17, 15) is 4.79 Å². The van der Waals surface area contributed by atoms with Gasteiger partial charge in [-0.1, -0.05) is 76.5 Å². The van der Waals surface area contributed by atoms with Gasteiger partial charge in [-0.15, -0.1) is 5.10 Å². The Morgan fingerprint density at radius 1 is 1.15 bits per heavy atom. The molecule has 2 heterocycles. The lowest BCUT2D eigenvalue weighted by Crippen LogP contribution is -2.50. The number of carbonyl (C=O) groups excluding carboxylic acids is 1. The number of benzene rings is 3. The largest absolute Gasteiger partial charge is 0.488 e. The van der Waals surface area contributed by atoms with Gasteiger partial charge in [-0.3, -0.25) is 15.1 Å². The molecule has 1 N–H and O–H groups in total. The van der Waals surface area contributed by atoms with Gasteiger partial charge in [-0.2, -0.15) is 0 Å². The van der Waals surface area contributed by atoms with E-state index >= 15 is 0 Å². The third-order valence-corrected chi connectivity index (χ3v) is 6.81. The molecule has 0 spiro atoms. The highest BCUT2D eigenvalue weighted by atomic mass is 79.9. The van der Waals surface area contributed by atoms with Crippen LogP contribution in [0, 0.1) is 0 Å². The van der Waals surface area contributed by atoms with Crippen molar-refractivity contribution in [2.45, 2.75) is 19.7 Å². The van der Waals surface area contributed by atoms with E-state index in [1.807, 2.05) is 67.6 Å². The molecule has 2 aliphatic heterocycles. The van der Waals surface area contributed by atoms with Crippen LogP contribution < -0.4 is 20.6 Å². The number of fused-ring (bicyclic) bond motifs is 2. The highest BCUT2D eigenvalue weighted by Crippen LogP contribution is 2.37. The number of hydrogen-bond donors (Lipinski definition) is 1. The zero-order valence-electron chi connectivity index (χ0n) is 18.2. The summed E-state index contributed by atoms with van der Waals surface area (Å²) >= 11 is 11.4. The highest BCUT2D eigenvalue weighted by Gasteiger charge is 2.35. The van der Waals surface area contributed by atoms with E-state index < -0.39 is 6.17 Å². The van der Waals surface area contributed by atoms with Crippen LogP contribution in [0.15, 0.2) is 81.3 Å². The van der Waals surface area contributed by atoms with Gasteiger partial charge in [-0.05, 0) is 47.7 Å². The molecule has 0 radical (unpaired) electrons. The molecule has 0 aliphatic carbocycles. The van der Waals surface area contributed by atoms with Crippen molar-refractivity contribution in [2.75, 3.05) is 5.75 Å². The first-order valence-electron chi connectivity index (χ1n) is 10.7. The topological polar surface area (TPSA) is 66.3 Å². The zero-order chi connectivity index (χ0) is 23.7. The first kappa shape index (κ1) is 23.0. The molecule has 0 unspecified atom stereocenters. The maximum atomic E-state index is 13.2. The number of thioether (sulfide) groups is 1. The molecule has 5 rings (SSSR count). The van der Waals surface area contributed by atoms with Gasteiger partial charge < -0.3 is 4.74 Å². The maximum Gasteiger partial charge on any atom is 0.276 e. The number of amidine groups is 1. The Labute approximate surface area is 214 Å². The van der Waals surface area contributed by atoms with Crippen molar-refractivity contribution in [3.63, 3.8) is 0 Å². The van der Waals surface area contributed by atoms with Crippen LogP contribution in [0.2, 0.25) is 5.02 Å². The molecule has 0 saturated heterocycles. The van der Waals surface area contributed by atoms with Crippen LogP contribution in [0.4, 0.5) is 0 Å². The summed E-state index contributed by atoms with van der Waals surface area (Å²) in [6.45, 7) is 2.40. The van der Waals surface area contributed by atoms with Crippen LogP contribution in [0.1, 0.15) is 24.2 Å². The third kappa shape index (κ3) is 4.58. The summed E-state index contributed by atoms with van der Waals surface area (Å²) in [7, 11) is 0. The molecule has 0 bridgehead atoms. The van der Waals surface area contributed by atoms with Gasteiger partial charge in [0.15, 0.2) is 11.3 Å². The summed E-state index contributed by atoms with van der Waals surface area (Å²) in [6.07, 6.45) is -0.619.